The molecule has 0 fully saturated rings. The topological polar surface area (TPSA) is 12.0 Å². The van der Waals surface area contributed by atoms with Gasteiger partial charge in [-0.15, -0.1) is 0 Å². The molecule has 1 rings (SSSR count). The molecular formula is C14H19F4N. The molecule has 1 aromatic rings. The van der Waals surface area contributed by atoms with E-state index in [9.17, 15) is 17.6 Å². The Morgan fingerprint density at radius 3 is 2.42 bits per heavy atom. The highest BCUT2D eigenvalue weighted by Gasteiger charge is 2.34. The van der Waals surface area contributed by atoms with Crippen molar-refractivity contribution >= 4 is 0 Å². The maximum Gasteiger partial charge on any atom is 0.419 e. The third-order valence-corrected chi connectivity index (χ3v) is 2.78. The summed E-state index contributed by atoms with van der Waals surface area (Å²) >= 11 is 0. The molecule has 1 aromatic carbocycles. The fraction of sp³-hybridized carbons (Fsp3) is 0.571. The van der Waals surface area contributed by atoms with Crippen molar-refractivity contribution in [1.29, 1.82) is 0 Å². The number of alkyl halides is 3. The van der Waals surface area contributed by atoms with E-state index >= 15 is 0 Å². The lowest BCUT2D eigenvalue weighted by Gasteiger charge is -2.10. The smallest absolute Gasteiger partial charge is 0.315 e. The van der Waals surface area contributed by atoms with Crippen molar-refractivity contribution in [2.24, 2.45) is 0 Å². The van der Waals surface area contributed by atoms with Crippen LogP contribution in [-0.2, 0) is 12.6 Å². The Kier molecular flexibility index (Phi) is 5.79. The lowest BCUT2D eigenvalue weighted by molar-refractivity contribution is -0.140. The van der Waals surface area contributed by atoms with Crippen molar-refractivity contribution in [3.63, 3.8) is 0 Å². The lowest BCUT2D eigenvalue weighted by atomic mass is 10.0. The number of hydrogen-bond donors (Lipinski definition) is 1. The van der Waals surface area contributed by atoms with Gasteiger partial charge in [-0.2, -0.15) is 13.2 Å². The Balaban J connectivity index is 2.51. The van der Waals surface area contributed by atoms with Crippen LogP contribution >= 0.6 is 0 Å². The first kappa shape index (κ1) is 16.0. The van der Waals surface area contributed by atoms with E-state index in [2.05, 4.69) is 5.32 Å². The molecule has 5 heteroatoms. The van der Waals surface area contributed by atoms with Gasteiger partial charge in [0.05, 0.1) is 5.56 Å². The molecule has 0 spiro atoms. The van der Waals surface area contributed by atoms with Crippen LogP contribution < -0.4 is 5.32 Å². The molecule has 0 aliphatic rings. The second-order valence-corrected chi connectivity index (χ2v) is 4.88. The Morgan fingerprint density at radius 1 is 1.16 bits per heavy atom. The summed E-state index contributed by atoms with van der Waals surface area (Å²) in [6.07, 6.45) is -2.43. The molecule has 0 bridgehead atoms. The average molecular weight is 277 g/mol. The number of nitrogens with one attached hydrogen (secondary N) is 1. The molecule has 108 valence electrons. The van der Waals surface area contributed by atoms with Gasteiger partial charge in [0.1, 0.15) is 5.82 Å². The molecule has 0 saturated heterocycles. The van der Waals surface area contributed by atoms with Gasteiger partial charge in [0.2, 0.25) is 0 Å². The third kappa shape index (κ3) is 5.59. The van der Waals surface area contributed by atoms with Crippen LogP contribution in [0.4, 0.5) is 17.6 Å². The van der Waals surface area contributed by atoms with Gasteiger partial charge < -0.3 is 5.32 Å². The number of hydrogen-bond acceptors (Lipinski definition) is 1. The minimum Gasteiger partial charge on any atom is -0.315 e. The quantitative estimate of drug-likeness (QED) is 0.608. The van der Waals surface area contributed by atoms with E-state index in [-0.39, 0.29) is 0 Å². The van der Waals surface area contributed by atoms with E-state index < -0.39 is 17.6 Å². The minimum absolute atomic E-state index is 0.405. The molecule has 0 unspecified atom stereocenters. The van der Waals surface area contributed by atoms with Crippen molar-refractivity contribution in [3.8, 4) is 0 Å². The van der Waals surface area contributed by atoms with Crippen molar-refractivity contribution < 1.29 is 17.6 Å². The summed E-state index contributed by atoms with van der Waals surface area (Å²) in [5.41, 5.74) is -0.649. The lowest BCUT2D eigenvalue weighted by Crippen LogP contribution is -2.23. The fourth-order valence-electron chi connectivity index (χ4n) is 1.79. The van der Waals surface area contributed by atoms with Crippen LogP contribution in [0.1, 0.15) is 37.8 Å². The van der Waals surface area contributed by atoms with Crippen LogP contribution in [0.15, 0.2) is 18.2 Å². The SMILES string of the molecule is CC(C)NCCCCc1ccc(F)c(C(F)(F)F)c1. The summed E-state index contributed by atoms with van der Waals surface area (Å²) in [6.45, 7) is 4.91. The summed E-state index contributed by atoms with van der Waals surface area (Å²) in [5.74, 6) is -1.21. The molecule has 0 atom stereocenters. The van der Waals surface area contributed by atoms with E-state index in [1.807, 2.05) is 13.8 Å². The summed E-state index contributed by atoms with van der Waals surface area (Å²) in [7, 11) is 0. The highest BCUT2D eigenvalue weighted by Crippen LogP contribution is 2.32. The predicted octanol–water partition coefficient (Wildman–Crippen LogP) is 4.17. The van der Waals surface area contributed by atoms with Crippen LogP contribution in [0.2, 0.25) is 0 Å². The van der Waals surface area contributed by atoms with Gasteiger partial charge in [-0.05, 0) is 43.5 Å². The minimum atomic E-state index is -4.63. The van der Waals surface area contributed by atoms with Gasteiger partial charge in [0.15, 0.2) is 0 Å². The highest BCUT2D eigenvalue weighted by molar-refractivity contribution is 5.27. The van der Waals surface area contributed by atoms with Gasteiger partial charge in [-0.25, -0.2) is 4.39 Å². The number of halogens is 4. The van der Waals surface area contributed by atoms with Crippen LogP contribution in [0.5, 0.6) is 0 Å². The molecule has 19 heavy (non-hydrogen) atoms. The van der Waals surface area contributed by atoms with Crippen molar-refractivity contribution in [2.75, 3.05) is 6.54 Å². The maximum absolute atomic E-state index is 13.1. The molecule has 0 amide bonds. The van der Waals surface area contributed by atoms with Gasteiger partial charge >= 0.3 is 6.18 Å². The van der Waals surface area contributed by atoms with Crippen LogP contribution in [-0.4, -0.2) is 12.6 Å². The average Bonchev–Trinajstić information content (AvgIpc) is 2.28. The van der Waals surface area contributed by atoms with E-state index in [0.717, 1.165) is 31.5 Å². The van der Waals surface area contributed by atoms with E-state index in [1.54, 1.807) is 0 Å². The number of aryl methyl sites for hydroxylation is 1. The summed E-state index contributed by atoms with van der Waals surface area (Å²) in [4.78, 5) is 0. The Bertz CT molecular complexity index is 399. The summed E-state index contributed by atoms with van der Waals surface area (Å²) < 4.78 is 50.6. The number of benzene rings is 1. The summed E-state index contributed by atoms with van der Waals surface area (Å²) in [5, 5.41) is 3.24. The van der Waals surface area contributed by atoms with Crippen molar-refractivity contribution in [3.05, 3.63) is 35.1 Å². The number of unbranched alkanes of at least 4 members (excludes halogenated alkanes) is 1. The molecule has 0 aliphatic heterocycles. The van der Waals surface area contributed by atoms with Crippen molar-refractivity contribution in [1.82, 2.24) is 5.32 Å². The van der Waals surface area contributed by atoms with E-state index in [1.165, 1.54) is 6.07 Å². The standard InChI is InChI=1S/C14H19F4N/c1-10(2)19-8-4-3-5-11-6-7-13(15)12(9-11)14(16,17)18/h6-7,9-10,19H,3-5,8H2,1-2H3. The monoisotopic (exact) mass is 277 g/mol. The third-order valence-electron chi connectivity index (χ3n) is 2.78. The van der Waals surface area contributed by atoms with Crippen LogP contribution in [0.25, 0.3) is 0 Å². The molecule has 0 radical (unpaired) electrons. The summed E-state index contributed by atoms with van der Waals surface area (Å²) in [6, 6.07) is 3.62. The second-order valence-electron chi connectivity index (χ2n) is 4.88. The van der Waals surface area contributed by atoms with E-state index in [0.29, 0.717) is 18.0 Å². The highest BCUT2D eigenvalue weighted by atomic mass is 19.4. The van der Waals surface area contributed by atoms with Gasteiger partial charge in [0.25, 0.3) is 0 Å². The zero-order valence-corrected chi connectivity index (χ0v) is 11.1. The molecule has 1 N–H and O–H groups in total. The zero-order valence-electron chi connectivity index (χ0n) is 11.1. The predicted molar refractivity (Wildman–Crippen MR) is 67.5 cm³/mol. The molecule has 0 heterocycles. The molecule has 0 aliphatic carbocycles. The first-order valence-electron chi connectivity index (χ1n) is 6.39. The van der Waals surface area contributed by atoms with Gasteiger partial charge in [-0.1, -0.05) is 19.9 Å². The molecule has 1 nitrogen and oxygen atoms in total. The van der Waals surface area contributed by atoms with E-state index in [4.69, 9.17) is 0 Å². The second kappa shape index (κ2) is 6.89. The zero-order chi connectivity index (χ0) is 14.5. The van der Waals surface area contributed by atoms with Crippen LogP contribution in [0.3, 0.4) is 0 Å². The Labute approximate surface area is 111 Å². The Hall–Kier alpha value is -1.10. The number of rotatable bonds is 6. The van der Waals surface area contributed by atoms with Gasteiger partial charge in [-0.3, -0.25) is 0 Å². The first-order valence-corrected chi connectivity index (χ1v) is 6.39. The van der Waals surface area contributed by atoms with Crippen LogP contribution in [0, 0.1) is 5.82 Å². The first-order chi connectivity index (χ1) is 8.80. The molecule has 0 saturated carbocycles. The fourth-order valence-corrected chi connectivity index (χ4v) is 1.79. The normalized spacial score (nSPS) is 12.2. The molecule has 0 aromatic heterocycles. The van der Waals surface area contributed by atoms with Gasteiger partial charge in [0, 0.05) is 6.04 Å². The van der Waals surface area contributed by atoms with Crippen molar-refractivity contribution in [2.45, 2.75) is 45.3 Å². The Morgan fingerprint density at radius 2 is 1.84 bits per heavy atom. The largest absolute Gasteiger partial charge is 0.419 e. The maximum atomic E-state index is 13.1. The molecular weight excluding hydrogens is 258 g/mol.